The van der Waals surface area contributed by atoms with Crippen LogP contribution in [0.4, 0.5) is 0 Å². The Morgan fingerprint density at radius 1 is 1.31 bits per heavy atom. The summed E-state index contributed by atoms with van der Waals surface area (Å²) in [7, 11) is 3.19. The predicted molar refractivity (Wildman–Crippen MR) is 101 cm³/mol. The Bertz CT molecular complexity index is 966. The summed E-state index contributed by atoms with van der Waals surface area (Å²) in [5.74, 6) is 0.414. The number of ether oxygens (including phenoxy) is 2. The first-order valence-corrected chi connectivity index (χ1v) is 8.62. The molecule has 0 amide bonds. The van der Waals surface area contributed by atoms with Crippen molar-refractivity contribution in [3.8, 4) is 17.1 Å². The monoisotopic (exact) mass is 373 g/mol. The van der Waals surface area contributed by atoms with Gasteiger partial charge in [-0.15, -0.1) is 0 Å². The number of benzene rings is 1. The van der Waals surface area contributed by atoms with E-state index in [4.69, 9.17) is 21.1 Å². The maximum atomic E-state index is 11.7. The van der Waals surface area contributed by atoms with Crippen LogP contribution in [0.2, 0.25) is 5.02 Å². The Morgan fingerprint density at radius 3 is 2.73 bits per heavy atom. The third-order valence-corrected chi connectivity index (χ3v) is 4.16. The second-order valence-corrected chi connectivity index (χ2v) is 6.82. The minimum atomic E-state index is -0.393. The Kier molecular flexibility index (Phi) is 5.13. The highest BCUT2D eigenvalue weighted by atomic mass is 35.5. The quantitative estimate of drug-likeness (QED) is 0.629. The minimum Gasteiger partial charge on any atom is -0.476 e. The highest BCUT2D eigenvalue weighted by Crippen LogP contribution is 2.32. The molecule has 0 aliphatic rings. The fourth-order valence-electron chi connectivity index (χ4n) is 2.69. The molecule has 0 aliphatic carbocycles. The van der Waals surface area contributed by atoms with Crippen LogP contribution in [0.15, 0.2) is 30.5 Å². The molecule has 7 heteroatoms. The SMILES string of the molecule is COC(=O)c1ccc2c(-c3cnc(OCC(C)C)c(Cl)c3)n(C)nc2c1. The third-order valence-electron chi connectivity index (χ3n) is 3.89. The largest absolute Gasteiger partial charge is 0.476 e. The second-order valence-electron chi connectivity index (χ2n) is 6.41. The van der Waals surface area contributed by atoms with Crippen LogP contribution in [0.1, 0.15) is 24.2 Å². The van der Waals surface area contributed by atoms with Crippen molar-refractivity contribution in [2.75, 3.05) is 13.7 Å². The molecule has 0 radical (unpaired) electrons. The van der Waals surface area contributed by atoms with E-state index in [0.717, 1.165) is 16.6 Å². The van der Waals surface area contributed by atoms with E-state index in [1.54, 1.807) is 23.0 Å². The average molecular weight is 374 g/mol. The maximum Gasteiger partial charge on any atom is 0.337 e. The zero-order valence-corrected chi connectivity index (χ0v) is 15.9. The molecule has 1 aromatic carbocycles. The molecule has 0 spiro atoms. The number of rotatable bonds is 5. The minimum absolute atomic E-state index is 0.387. The lowest BCUT2D eigenvalue weighted by Gasteiger charge is -2.10. The molecule has 2 aromatic heterocycles. The number of methoxy groups -OCH3 is 1. The number of hydrogen-bond acceptors (Lipinski definition) is 5. The molecule has 0 N–H and O–H groups in total. The van der Waals surface area contributed by atoms with Gasteiger partial charge in [-0.05, 0) is 30.2 Å². The number of fused-ring (bicyclic) bond motifs is 1. The van der Waals surface area contributed by atoms with Crippen LogP contribution < -0.4 is 4.74 Å². The van der Waals surface area contributed by atoms with Crippen LogP contribution >= 0.6 is 11.6 Å². The van der Waals surface area contributed by atoms with E-state index in [2.05, 4.69) is 23.9 Å². The van der Waals surface area contributed by atoms with Crippen molar-refractivity contribution >= 4 is 28.5 Å². The number of halogens is 1. The molecular weight excluding hydrogens is 354 g/mol. The number of hydrogen-bond donors (Lipinski definition) is 0. The number of nitrogens with zero attached hydrogens (tertiary/aromatic N) is 3. The summed E-state index contributed by atoms with van der Waals surface area (Å²) in [6.45, 7) is 4.68. The lowest BCUT2D eigenvalue weighted by molar-refractivity contribution is 0.0601. The smallest absolute Gasteiger partial charge is 0.337 e. The average Bonchev–Trinajstić information content (AvgIpc) is 2.94. The number of carbonyl (C=O) groups is 1. The van der Waals surface area contributed by atoms with E-state index in [1.807, 2.05) is 19.2 Å². The van der Waals surface area contributed by atoms with Crippen LogP contribution in [0.3, 0.4) is 0 Å². The van der Waals surface area contributed by atoms with Crippen LogP contribution in [-0.4, -0.2) is 34.5 Å². The van der Waals surface area contributed by atoms with Gasteiger partial charge in [-0.1, -0.05) is 25.4 Å². The third kappa shape index (κ3) is 3.51. The van der Waals surface area contributed by atoms with Crippen molar-refractivity contribution < 1.29 is 14.3 Å². The Hall–Kier alpha value is -2.60. The Morgan fingerprint density at radius 2 is 2.08 bits per heavy atom. The van der Waals surface area contributed by atoms with Crippen molar-refractivity contribution in [3.05, 3.63) is 41.0 Å². The predicted octanol–water partition coefficient (Wildman–Crippen LogP) is 4.11. The molecule has 0 saturated heterocycles. The molecule has 0 fully saturated rings. The van der Waals surface area contributed by atoms with Crippen LogP contribution in [-0.2, 0) is 11.8 Å². The van der Waals surface area contributed by atoms with Gasteiger partial charge in [-0.25, -0.2) is 9.78 Å². The molecule has 0 unspecified atom stereocenters. The van der Waals surface area contributed by atoms with Gasteiger partial charge in [-0.3, -0.25) is 4.68 Å². The van der Waals surface area contributed by atoms with Gasteiger partial charge in [0.2, 0.25) is 5.88 Å². The Labute approximate surface area is 156 Å². The van der Waals surface area contributed by atoms with E-state index in [-0.39, 0.29) is 0 Å². The van der Waals surface area contributed by atoms with Gasteiger partial charge in [-0.2, -0.15) is 5.10 Å². The summed E-state index contributed by atoms with van der Waals surface area (Å²) in [5.41, 5.74) is 2.84. The van der Waals surface area contributed by atoms with Crippen molar-refractivity contribution in [3.63, 3.8) is 0 Å². The fraction of sp³-hybridized carbons (Fsp3) is 0.316. The lowest BCUT2D eigenvalue weighted by Crippen LogP contribution is -2.06. The summed E-state index contributed by atoms with van der Waals surface area (Å²) < 4.78 is 12.1. The molecule has 0 atom stereocenters. The molecule has 0 saturated carbocycles. The number of esters is 1. The maximum absolute atomic E-state index is 11.7. The molecule has 2 heterocycles. The topological polar surface area (TPSA) is 66.2 Å². The zero-order chi connectivity index (χ0) is 18.8. The first kappa shape index (κ1) is 18.2. The fourth-order valence-corrected chi connectivity index (χ4v) is 2.92. The van der Waals surface area contributed by atoms with E-state index in [9.17, 15) is 4.79 Å². The van der Waals surface area contributed by atoms with Crippen molar-refractivity contribution in [2.45, 2.75) is 13.8 Å². The standard InChI is InChI=1S/C19H20ClN3O3/c1-11(2)10-26-18-15(20)7-13(9-21-18)17-14-6-5-12(19(24)25-4)8-16(14)22-23(17)3/h5-9,11H,10H2,1-4H3. The van der Waals surface area contributed by atoms with Crippen LogP contribution in [0, 0.1) is 5.92 Å². The first-order valence-electron chi connectivity index (χ1n) is 8.24. The molecule has 3 aromatic rings. The van der Waals surface area contributed by atoms with Gasteiger partial charge >= 0.3 is 5.97 Å². The number of carbonyl (C=O) groups excluding carboxylic acids is 1. The van der Waals surface area contributed by atoms with Gasteiger partial charge in [0.15, 0.2) is 0 Å². The molecule has 0 bridgehead atoms. The molecule has 136 valence electrons. The van der Waals surface area contributed by atoms with Crippen LogP contribution in [0.5, 0.6) is 5.88 Å². The molecule has 3 rings (SSSR count). The lowest BCUT2D eigenvalue weighted by atomic mass is 10.1. The van der Waals surface area contributed by atoms with E-state index in [0.29, 0.717) is 34.5 Å². The molecular formula is C19H20ClN3O3. The molecule has 0 aliphatic heterocycles. The summed E-state index contributed by atoms with van der Waals surface area (Å²) in [6.07, 6.45) is 1.71. The highest BCUT2D eigenvalue weighted by molar-refractivity contribution is 6.32. The number of aromatic nitrogens is 3. The van der Waals surface area contributed by atoms with Gasteiger partial charge in [0.1, 0.15) is 5.02 Å². The van der Waals surface area contributed by atoms with Gasteiger partial charge in [0.25, 0.3) is 0 Å². The summed E-state index contributed by atoms with van der Waals surface area (Å²) >= 11 is 6.34. The van der Waals surface area contributed by atoms with Crippen molar-refractivity contribution in [1.82, 2.24) is 14.8 Å². The van der Waals surface area contributed by atoms with E-state index in [1.165, 1.54) is 7.11 Å². The van der Waals surface area contributed by atoms with Crippen molar-refractivity contribution in [2.24, 2.45) is 13.0 Å². The second kappa shape index (κ2) is 7.33. The van der Waals surface area contributed by atoms with Crippen molar-refractivity contribution in [1.29, 1.82) is 0 Å². The first-order chi connectivity index (χ1) is 12.4. The van der Waals surface area contributed by atoms with E-state index < -0.39 is 5.97 Å². The summed E-state index contributed by atoms with van der Waals surface area (Å²) in [5, 5.41) is 5.83. The highest BCUT2D eigenvalue weighted by Gasteiger charge is 2.16. The molecule has 26 heavy (non-hydrogen) atoms. The van der Waals surface area contributed by atoms with Gasteiger partial charge in [0.05, 0.1) is 30.5 Å². The molecule has 6 nitrogen and oxygen atoms in total. The van der Waals surface area contributed by atoms with Gasteiger partial charge in [0, 0.05) is 24.2 Å². The summed E-state index contributed by atoms with van der Waals surface area (Å²) in [6, 6.07) is 7.09. The van der Waals surface area contributed by atoms with Crippen LogP contribution in [0.25, 0.3) is 22.2 Å². The Balaban J connectivity index is 2.01. The normalized spacial score (nSPS) is 11.2. The summed E-state index contributed by atoms with van der Waals surface area (Å²) in [4.78, 5) is 16.1. The number of aryl methyl sites for hydroxylation is 1. The van der Waals surface area contributed by atoms with E-state index >= 15 is 0 Å². The zero-order valence-electron chi connectivity index (χ0n) is 15.1. The number of pyridine rings is 1. The van der Waals surface area contributed by atoms with Gasteiger partial charge < -0.3 is 9.47 Å².